The van der Waals surface area contributed by atoms with Crippen LogP contribution in [0.3, 0.4) is 0 Å². The molecule has 0 aromatic heterocycles. The normalized spacial score (nSPS) is 12.4. The minimum Gasteiger partial charge on any atom is -0.0991 e. The summed E-state index contributed by atoms with van der Waals surface area (Å²) >= 11 is 0. The Morgan fingerprint density at radius 2 is 2.22 bits per heavy atom. The van der Waals surface area contributed by atoms with Gasteiger partial charge in [-0.15, -0.1) is 0 Å². The summed E-state index contributed by atoms with van der Waals surface area (Å²) in [4.78, 5) is 0. The molecule has 0 aliphatic heterocycles. The molecule has 0 unspecified atom stereocenters. The predicted octanol–water partition coefficient (Wildman–Crippen LogP) is 3.08. The highest BCUT2D eigenvalue weighted by atomic mass is 13.9. The van der Waals surface area contributed by atoms with Crippen LogP contribution in [0, 0.1) is 0 Å². The van der Waals surface area contributed by atoms with E-state index < -0.39 is 0 Å². The van der Waals surface area contributed by atoms with E-state index >= 15 is 0 Å². The summed E-state index contributed by atoms with van der Waals surface area (Å²) in [6.07, 6.45) is 9.03. The maximum Gasteiger partial charge on any atom is -0.0311 e. The standard InChI is InChI=1S/C9H14/c1-4-7-8-9(5-2)6-3/h4-5,7-8H,1,6H2,2-3H3/b8-7-,9-5-. The molecule has 0 N–H and O–H groups in total. The molecule has 0 aromatic rings. The van der Waals surface area contributed by atoms with Gasteiger partial charge in [0, 0.05) is 0 Å². The molecule has 9 heavy (non-hydrogen) atoms. The van der Waals surface area contributed by atoms with Crippen molar-refractivity contribution in [1.29, 1.82) is 0 Å². The van der Waals surface area contributed by atoms with Gasteiger partial charge in [0.1, 0.15) is 0 Å². The fourth-order valence-electron chi connectivity index (χ4n) is 0.610. The summed E-state index contributed by atoms with van der Waals surface area (Å²) < 4.78 is 0. The fraction of sp³-hybridized carbons (Fsp3) is 0.333. The molecule has 0 nitrogen and oxygen atoms in total. The average Bonchev–Trinajstić information content (AvgIpc) is 1.91. The van der Waals surface area contributed by atoms with Crippen LogP contribution in [-0.2, 0) is 0 Å². The van der Waals surface area contributed by atoms with Gasteiger partial charge in [-0.05, 0) is 13.3 Å². The van der Waals surface area contributed by atoms with Crippen LogP contribution in [-0.4, -0.2) is 0 Å². The first-order valence-electron chi connectivity index (χ1n) is 3.29. The zero-order chi connectivity index (χ0) is 7.11. The molecule has 0 aliphatic rings. The molecule has 0 rings (SSSR count). The summed E-state index contributed by atoms with van der Waals surface area (Å²) in [6.45, 7) is 7.78. The molecule has 0 fully saturated rings. The summed E-state index contributed by atoms with van der Waals surface area (Å²) in [6, 6.07) is 0. The molecular formula is C9H14. The first kappa shape index (κ1) is 8.22. The highest BCUT2D eigenvalue weighted by Gasteiger charge is 1.80. The Labute approximate surface area is 57.6 Å². The SMILES string of the molecule is C=C/C=C\C(=C/C)CC. The maximum absolute atomic E-state index is 3.59. The van der Waals surface area contributed by atoms with Gasteiger partial charge in [-0.3, -0.25) is 0 Å². The van der Waals surface area contributed by atoms with Gasteiger partial charge in [-0.25, -0.2) is 0 Å². The van der Waals surface area contributed by atoms with Crippen molar-refractivity contribution in [3.8, 4) is 0 Å². The molecule has 0 spiro atoms. The minimum atomic E-state index is 1.10. The lowest BCUT2D eigenvalue weighted by atomic mass is 10.2. The number of hydrogen-bond donors (Lipinski definition) is 0. The second kappa shape index (κ2) is 5.36. The highest BCUT2D eigenvalue weighted by Crippen LogP contribution is 2.00. The molecule has 0 bridgehead atoms. The zero-order valence-corrected chi connectivity index (χ0v) is 6.22. The van der Waals surface area contributed by atoms with Crippen molar-refractivity contribution >= 4 is 0 Å². The van der Waals surface area contributed by atoms with E-state index in [2.05, 4.69) is 25.7 Å². The molecular weight excluding hydrogens is 108 g/mol. The third kappa shape index (κ3) is 3.77. The Morgan fingerprint density at radius 3 is 2.56 bits per heavy atom. The molecule has 0 saturated carbocycles. The van der Waals surface area contributed by atoms with Crippen LogP contribution in [0.15, 0.2) is 36.5 Å². The van der Waals surface area contributed by atoms with Gasteiger partial charge in [0.2, 0.25) is 0 Å². The molecule has 0 heterocycles. The van der Waals surface area contributed by atoms with Gasteiger partial charge in [0.05, 0.1) is 0 Å². The minimum absolute atomic E-state index is 1.10. The Morgan fingerprint density at radius 1 is 1.56 bits per heavy atom. The maximum atomic E-state index is 3.59. The van der Waals surface area contributed by atoms with Gasteiger partial charge in [-0.1, -0.05) is 43.4 Å². The Hall–Kier alpha value is -0.780. The van der Waals surface area contributed by atoms with Crippen molar-refractivity contribution in [2.45, 2.75) is 20.3 Å². The number of allylic oxidation sites excluding steroid dienone is 5. The molecule has 0 radical (unpaired) electrons. The Kier molecular flexibility index (Phi) is 4.89. The van der Waals surface area contributed by atoms with Crippen molar-refractivity contribution < 1.29 is 0 Å². The third-order valence-electron chi connectivity index (χ3n) is 1.23. The van der Waals surface area contributed by atoms with Crippen LogP contribution in [0.2, 0.25) is 0 Å². The van der Waals surface area contributed by atoms with Crippen molar-refractivity contribution in [3.63, 3.8) is 0 Å². The van der Waals surface area contributed by atoms with Crippen molar-refractivity contribution in [2.75, 3.05) is 0 Å². The molecule has 0 saturated heterocycles. The van der Waals surface area contributed by atoms with Gasteiger partial charge in [0.15, 0.2) is 0 Å². The van der Waals surface area contributed by atoms with Gasteiger partial charge >= 0.3 is 0 Å². The third-order valence-corrected chi connectivity index (χ3v) is 1.23. The molecule has 0 aromatic carbocycles. The Balaban J connectivity index is 3.84. The van der Waals surface area contributed by atoms with E-state index in [4.69, 9.17) is 0 Å². The number of rotatable bonds is 3. The predicted molar refractivity (Wildman–Crippen MR) is 43.4 cm³/mol. The summed E-state index contributed by atoms with van der Waals surface area (Å²) in [5.74, 6) is 0. The lowest BCUT2D eigenvalue weighted by Gasteiger charge is -1.90. The second-order valence-electron chi connectivity index (χ2n) is 1.81. The van der Waals surface area contributed by atoms with Crippen LogP contribution in [0.1, 0.15) is 20.3 Å². The fourth-order valence-corrected chi connectivity index (χ4v) is 0.610. The largest absolute Gasteiger partial charge is 0.0991 e. The van der Waals surface area contributed by atoms with E-state index in [1.54, 1.807) is 6.08 Å². The first-order valence-corrected chi connectivity index (χ1v) is 3.29. The molecule has 0 heteroatoms. The van der Waals surface area contributed by atoms with Crippen LogP contribution in [0.5, 0.6) is 0 Å². The summed E-state index contributed by atoms with van der Waals surface area (Å²) in [7, 11) is 0. The van der Waals surface area contributed by atoms with Crippen molar-refractivity contribution in [1.82, 2.24) is 0 Å². The monoisotopic (exact) mass is 122 g/mol. The topological polar surface area (TPSA) is 0 Å². The molecule has 50 valence electrons. The van der Waals surface area contributed by atoms with Gasteiger partial charge < -0.3 is 0 Å². The van der Waals surface area contributed by atoms with Crippen LogP contribution in [0.4, 0.5) is 0 Å². The van der Waals surface area contributed by atoms with E-state index in [1.807, 2.05) is 13.0 Å². The summed E-state index contributed by atoms with van der Waals surface area (Å²) in [5, 5.41) is 0. The van der Waals surface area contributed by atoms with Crippen LogP contribution < -0.4 is 0 Å². The first-order chi connectivity index (χ1) is 4.35. The van der Waals surface area contributed by atoms with E-state index in [-0.39, 0.29) is 0 Å². The van der Waals surface area contributed by atoms with Gasteiger partial charge in [-0.2, -0.15) is 0 Å². The smallest absolute Gasteiger partial charge is 0.0311 e. The number of hydrogen-bond acceptors (Lipinski definition) is 0. The average molecular weight is 122 g/mol. The van der Waals surface area contributed by atoms with E-state index in [1.165, 1.54) is 5.57 Å². The summed E-state index contributed by atoms with van der Waals surface area (Å²) in [5.41, 5.74) is 1.36. The Bertz CT molecular complexity index is 127. The highest BCUT2D eigenvalue weighted by molar-refractivity contribution is 5.20. The van der Waals surface area contributed by atoms with Crippen LogP contribution >= 0.6 is 0 Å². The van der Waals surface area contributed by atoms with E-state index in [9.17, 15) is 0 Å². The van der Waals surface area contributed by atoms with E-state index in [0.717, 1.165) is 6.42 Å². The van der Waals surface area contributed by atoms with Crippen LogP contribution in [0.25, 0.3) is 0 Å². The molecule has 0 amide bonds. The lowest BCUT2D eigenvalue weighted by Crippen LogP contribution is -1.69. The van der Waals surface area contributed by atoms with Crippen molar-refractivity contribution in [3.05, 3.63) is 36.5 Å². The quantitative estimate of drug-likeness (QED) is 0.504. The van der Waals surface area contributed by atoms with E-state index in [0.29, 0.717) is 0 Å². The molecule has 0 atom stereocenters. The second-order valence-corrected chi connectivity index (χ2v) is 1.81. The lowest BCUT2D eigenvalue weighted by molar-refractivity contribution is 1.14. The van der Waals surface area contributed by atoms with Crippen molar-refractivity contribution in [2.24, 2.45) is 0 Å². The molecule has 0 aliphatic carbocycles. The van der Waals surface area contributed by atoms with Gasteiger partial charge in [0.25, 0.3) is 0 Å². The zero-order valence-electron chi connectivity index (χ0n) is 6.22.